The first-order valence-corrected chi connectivity index (χ1v) is 14.8. The molecule has 2 saturated carbocycles. The van der Waals surface area contributed by atoms with Gasteiger partial charge in [-0.2, -0.15) is 0 Å². The summed E-state index contributed by atoms with van der Waals surface area (Å²) >= 11 is 6.53. The normalized spacial score (nSPS) is 25.2. The van der Waals surface area contributed by atoms with Gasteiger partial charge in [0, 0.05) is 11.6 Å². The molecule has 2 nitrogen and oxygen atoms in total. The third-order valence-corrected chi connectivity index (χ3v) is 8.66. The molecule has 2 aliphatic carbocycles. The molecule has 1 aromatic rings. The molecule has 3 heteroatoms. The van der Waals surface area contributed by atoms with Crippen LogP contribution in [0.25, 0.3) is 0 Å². The molecule has 0 amide bonds. The van der Waals surface area contributed by atoms with Crippen molar-refractivity contribution in [3.63, 3.8) is 0 Å². The van der Waals surface area contributed by atoms with Gasteiger partial charge in [-0.1, -0.05) is 62.9 Å². The molecule has 0 saturated heterocycles. The Morgan fingerprint density at radius 2 is 1.60 bits per heavy atom. The molecule has 0 bridgehead atoms. The average Bonchev–Trinajstić information content (AvgIpc) is 2.89. The quantitative estimate of drug-likeness (QED) is 0.135. The van der Waals surface area contributed by atoms with Crippen molar-refractivity contribution in [1.29, 1.82) is 0 Å². The molecule has 3 rings (SSSR count). The minimum Gasteiger partial charge on any atom is -0.491 e. The largest absolute Gasteiger partial charge is 0.491 e. The fourth-order valence-corrected chi connectivity index (χ4v) is 6.09. The number of halogens is 1. The number of ether oxygens (including phenoxy) is 2. The number of allylic oxidation sites excluding steroid dienone is 2. The number of unbranched alkanes of at least 4 members (excludes halogenated alkanes) is 2. The van der Waals surface area contributed by atoms with Gasteiger partial charge in [-0.3, -0.25) is 0 Å². The molecule has 1 aromatic carbocycles. The van der Waals surface area contributed by atoms with E-state index in [2.05, 4.69) is 32.1 Å². The Kier molecular flexibility index (Phi) is 13.5. The second kappa shape index (κ2) is 16.6. The monoisotopic (exact) mass is 500 g/mol. The summed E-state index contributed by atoms with van der Waals surface area (Å²) in [5.74, 6) is 4.46. The number of benzene rings is 1. The highest BCUT2D eigenvalue weighted by Gasteiger charge is 2.21. The lowest BCUT2D eigenvalue weighted by atomic mass is 9.77. The van der Waals surface area contributed by atoms with Gasteiger partial charge in [0.25, 0.3) is 0 Å². The summed E-state index contributed by atoms with van der Waals surface area (Å²) in [5.41, 5.74) is 1.24. The summed E-state index contributed by atoms with van der Waals surface area (Å²) in [4.78, 5) is 0. The molecule has 0 unspecified atom stereocenters. The first-order valence-electron chi connectivity index (χ1n) is 14.5. The molecular formula is C32H49ClO2. The predicted octanol–water partition coefficient (Wildman–Crippen LogP) is 9.46. The molecule has 196 valence electrons. The van der Waals surface area contributed by atoms with E-state index in [1.807, 2.05) is 18.6 Å². The second-order valence-electron chi connectivity index (χ2n) is 10.9. The maximum Gasteiger partial charge on any atom is 0.120 e. The second-order valence-corrected chi connectivity index (χ2v) is 11.3. The van der Waals surface area contributed by atoms with Crippen molar-refractivity contribution >= 4 is 11.6 Å². The summed E-state index contributed by atoms with van der Waals surface area (Å²) in [6.45, 7) is 7.88. The molecule has 0 N–H and O–H groups in total. The summed E-state index contributed by atoms with van der Waals surface area (Å²) < 4.78 is 11.2. The van der Waals surface area contributed by atoms with Gasteiger partial charge in [0.2, 0.25) is 0 Å². The number of hydrogen-bond acceptors (Lipinski definition) is 2. The Morgan fingerprint density at radius 3 is 2.23 bits per heavy atom. The Hall–Kier alpha value is -1.12. The van der Waals surface area contributed by atoms with Crippen LogP contribution >= 0.6 is 11.6 Å². The maximum atomic E-state index is 6.53. The van der Waals surface area contributed by atoms with Crippen LogP contribution in [0.5, 0.6) is 5.75 Å². The standard InChI is InChI=1S/C32H49ClO2/c1-3-5-22-34-23-24-35-31-21-20-30(32(33)25-31)9-7-6-8-27-14-16-29(17-15-27)19-18-28-12-10-26(4-2)11-13-28/h3,18-21,25-29H,1,4-17,22-24H2,2H3. The molecule has 2 fully saturated rings. The SMILES string of the molecule is [CH2+][CH-]CCOCCOc1ccc(CCCCC2CCC(C=CC3CCC(CC)CC3)CC2)c(Cl)c1. The summed E-state index contributed by atoms with van der Waals surface area (Å²) in [6.07, 6.45) is 25.7. The minimum absolute atomic E-state index is 0.546. The lowest BCUT2D eigenvalue weighted by Gasteiger charge is -2.28. The third kappa shape index (κ3) is 10.8. The molecule has 0 aromatic heterocycles. The summed E-state index contributed by atoms with van der Waals surface area (Å²) in [7, 11) is 0. The van der Waals surface area contributed by atoms with Crippen LogP contribution in [0.2, 0.25) is 5.02 Å². The van der Waals surface area contributed by atoms with Gasteiger partial charge in [-0.25, -0.2) is 0 Å². The molecule has 0 radical (unpaired) electrons. The van der Waals surface area contributed by atoms with Gasteiger partial charge in [0.15, 0.2) is 0 Å². The average molecular weight is 501 g/mol. The predicted molar refractivity (Wildman–Crippen MR) is 150 cm³/mol. The van der Waals surface area contributed by atoms with Gasteiger partial charge in [0.1, 0.15) is 12.4 Å². The lowest BCUT2D eigenvalue weighted by molar-refractivity contribution is 0.102. The fourth-order valence-electron chi connectivity index (χ4n) is 5.83. The van der Waals surface area contributed by atoms with Crippen molar-refractivity contribution in [3.8, 4) is 5.75 Å². The number of hydrogen-bond donors (Lipinski definition) is 0. The van der Waals surface area contributed by atoms with Gasteiger partial charge in [-0.05, 0) is 106 Å². The van der Waals surface area contributed by atoms with Crippen molar-refractivity contribution in [2.75, 3.05) is 19.8 Å². The summed E-state index contributed by atoms with van der Waals surface area (Å²) in [6, 6.07) is 6.11. The van der Waals surface area contributed by atoms with E-state index in [1.165, 1.54) is 82.6 Å². The van der Waals surface area contributed by atoms with E-state index in [0.29, 0.717) is 19.8 Å². The molecule has 35 heavy (non-hydrogen) atoms. The molecule has 0 aliphatic heterocycles. The van der Waals surface area contributed by atoms with Crippen molar-refractivity contribution in [3.05, 3.63) is 54.3 Å². The van der Waals surface area contributed by atoms with Crippen molar-refractivity contribution in [2.24, 2.45) is 23.7 Å². The van der Waals surface area contributed by atoms with Crippen LogP contribution < -0.4 is 4.74 Å². The van der Waals surface area contributed by atoms with Gasteiger partial charge in [0.05, 0.1) is 6.61 Å². The van der Waals surface area contributed by atoms with Crippen molar-refractivity contribution < 1.29 is 9.47 Å². The van der Waals surface area contributed by atoms with Gasteiger partial charge < -0.3 is 9.47 Å². The van der Waals surface area contributed by atoms with E-state index in [4.69, 9.17) is 21.1 Å². The zero-order chi connectivity index (χ0) is 24.7. The van der Waals surface area contributed by atoms with Crippen LogP contribution in [0.3, 0.4) is 0 Å². The Labute approximate surface area is 221 Å². The first-order chi connectivity index (χ1) is 17.2. The van der Waals surface area contributed by atoms with Gasteiger partial charge in [-0.15, -0.1) is 12.8 Å². The molecule has 0 atom stereocenters. The molecular weight excluding hydrogens is 452 g/mol. The third-order valence-electron chi connectivity index (χ3n) is 8.31. The highest BCUT2D eigenvalue weighted by atomic mass is 35.5. The Balaban J connectivity index is 1.25. The highest BCUT2D eigenvalue weighted by Crippen LogP contribution is 2.35. The number of rotatable bonds is 15. The minimum atomic E-state index is 0.546. The van der Waals surface area contributed by atoms with E-state index in [-0.39, 0.29) is 0 Å². The first kappa shape index (κ1) is 28.5. The topological polar surface area (TPSA) is 18.5 Å². The van der Waals surface area contributed by atoms with Crippen LogP contribution in [0, 0.1) is 37.0 Å². The van der Waals surface area contributed by atoms with E-state index in [0.717, 1.165) is 47.3 Å². The van der Waals surface area contributed by atoms with Crippen molar-refractivity contribution in [1.82, 2.24) is 0 Å². The Morgan fingerprint density at radius 1 is 0.914 bits per heavy atom. The summed E-state index contributed by atoms with van der Waals surface area (Å²) in [5, 5.41) is 0.825. The smallest absolute Gasteiger partial charge is 0.120 e. The molecule has 0 heterocycles. The van der Waals surface area contributed by atoms with E-state index in [9.17, 15) is 0 Å². The van der Waals surface area contributed by atoms with Crippen LogP contribution in [0.15, 0.2) is 30.4 Å². The van der Waals surface area contributed by atoms with Crippen LogP contribution in [0.4, 0.5) is 0 Å². The lowest BCUT2D eigenvalue weighted by Crippen LogP contribution is -2.15. The zero-order valence-electron chi connectivity index (χ0n) is 22.2. The fraction of sp³-hybridized carbons (Fsp3) is 0.688. The molecule has 2 aliphatic rings. The van der Waals surface area contributed by atoms with Gasteiger partial charge >= 0.3 is 0 Å². The number of aryl methyl sites for hydroxylation is 1. The van der Waals surface area contributed by atoms with E-state index < -0.39 is 0 Å². The van der Waals surface area contributed by atoms with Crippen LogP contribution in [-0.2, 0) is 11.2 Å². The zero-order valence-corrected chi connectivity index (χ0v) is 23.0. The van der Waals surface area contributed by atoms with E-state index >= 15 is 0 Å². The van der Waals surface area contributed by atoms with Crippen molar-refractivity contribution in [2.45, 2.75) is 96.8 Å². The van der Waals surface area contributed by atoms with Crippen LogP contribution in [0.1, 0.15) is 96.0 Å². The highest BCUT2D eigenvalue weighted by molar-refractivity contribution is 6.31. The van der Waals surface area contributed by atoms with E-state index in [1.54, 1.807) is 0 Å². The Bertz CT molecular complexity index is 714. The maximum absolute atomic E-state index is 6.53. The molecule has 0 spiro atoms. The van der Waals surface area contributed by atoms with Crippen LogP contribution in [-0.4, -0.2) is 19.8 Å².